The van der Waals surface area contributed by atoms with Gasteiger partial charge in [-0.15, -0.1) is 0 Å². The second-order valence-electron chi connectivity index (χ2n) is 6.98. The zero-order valence-corrected chi connectivity index (χ0v) is 17.3. The van der Waals surface area contributed by atoms with E-state index < -0.39 is 5.54 Å². The molecule has 0 unspecified atom stereocenters. The summed E-state index contributed by atoms with van der Waals surface area (Å²) in [5.41, 5.74) is 5.34. The summed E-state index contributed by atoms with van der Waals surface area (Å²) in [5, 5.41) is 1.41. The lowest BCUT2D eigenvalue weighted by molar-refractivity contribution is 0.0357. The smallest absolute Gasteiger partial charge is 0.267 e. The molecule has 0 bridgehead atoms. The van der Waals surface area contributed by atoms with Crippen LogP contribution in [0.2, 0.25) is 0 Å². The minimum absolute atomic E-state index is 0.226. The Bertz CT molecular complexity index is 810. The number of carbonyl (C=O) groups is 2. The van der Waals surface area contributed by atoms with E-state index >= 15 is 0 Å². The van der Waals surface area contributed by atoms with E-state index in [0.29, 0.717) is 11.1 Å². The van der Waals surface area contributed by atoms with E-state index in [4.69, 9.17) is 0 Å². The number of nitrogens with one attached hydrogen (secondary N) is 1. The third-order valence-electron chi connectivity index (χ3n) is 4.04. The van der Waals surface area contributed by atoms with Crippen LogP contribution in [-0.4, -0.2) is 22.4 Å². The number of hydrogen-bond donors (Lipinski definition) is 1. The summed E-state index contributed by atoms with van der Waals surface area (Å²) in [6.45, 7) is 9.55. The van der Waals surface area contributed by atoms with E-state index in [1.165, 1.54) is 5.01 Å². The molecule has 25 heavy (non-hydrogen) atoms. The standard InChI is InChI=1S/C20H23IN2O2/c1-13-9-8-11-15(14(13)2)18(24)22-23(20(3,4)5)19(25)16-10-6-7-12-17(16)21/h6-12H,1-5H3,(H,22,24). The van der Waals surface area contributed by atoms with Crippen LogP contribution in [0.3, 0.4) is 0 Å². The summed E-state index contributed by atoms with van der Waals surface area (Å²) >= 11 is 2.13. The maximum absolute atomic E-state index is 13.0. The van der Waals surface area contributed by atoms with Crippen molar-refractivity contribution in [3.05, 3.63) is 68.3 Å². The Kier molecular flexibility index (Phi) is 5.87. The largest absolute Gasteiger partial charge is 0.273 e. The van der Waals surface area contributed by atoms with Crippen LogP contribution in [0, 0.1) is 17.4 Å². The molecule has 4 nitrogen and oxygen atoms in total. The predicted octanol–water partition coefficient (Wildman–Crippen LogP) is 4.49. The molecule has 0 aliphatic rings. The molecule has 0 saturated heterocycles. The third kappa shape index (κ3) is 4.39. The van der Waals surface area contributed by atoms with Crippen molar-refractivity contribution in [1.29, 1.82) is 0 Å². The first-order valence-corrected chi connectivity index (χ1v) is 9.17. The molecule has 0 radical (unpaired) electrons. The molecule has 0 heterocycles. The van der Waals surface area contributed by atoms with E-state index in [9.17, 15) is 9.59 Å². The lowest BCUT2D eigenvalue weighted by Gasteiger charge is -2.36. The molecular weight excluding hydrogens is 427 g/mol. The zero-order valence-electron chi connectivity index (χ0n) is 15.2. The average molecular weight is 450 g/mol. The first-order chi connectivity index (χ1) is 11.6. The molecule has 2 aromatic carbocycles. The first-order valence-electron chi connectivity index (χ1n) is 8.09. The van der Waals surface area contributed by atoms with Crippen LogP contribution in [0.5, 0.6) is 0 Å². The van der Waals surface area contributed by atoms with Crippen molar-refractivity contribution in [2.24, 2.45) is 0 Å². The molecule has 5 heteroatoms. The maximum atomic E-state index is 13.0. The number of amides is 2. The maximum Gasteiger partial charge on any atom is 0.273 e. The molecule has 132 valence electrons. The lowest BCUT2D eigenvalue weighted by atomic mass is 10.0. The Morgan fingerprint density at radius 3 is 2.16 bits per heavy atom. The fraction of sp³-hybridized carbons (Fsp3) is 0.300. The van der Waals surface area contributed by atoms with Crippen molar-refractivity contribution in [3.8, 4) is 0 Å². The predicted molar refractivity (Wildman–Crippen MR) is 108 cm³/mol. The van der Waals surface area contributed by atoms with Crippen LogP contribution in [0.4, 0.5) is 0 Å². The van der Waals surface area contributed by atoms with Crippen molar-refractivity contribution in [2.45, 2.75) is 40.2 Å². The van der Waals surface area contributed by atoms with Gasteiger partial charge in [0, 0.05) is 9.13 Å². The minimum atomic E-state index is -0.566. The Balaban J connectivity index is 2.36. The Morgan fingerprint density at radius 2 is 1.56 bits per heavy atom. The van der Waals surface area contributed by atoms with E-state index in [1.54, 1.807) is 12.1 Å². The molecule has 0 saturated carbocycles. The van der Waals surface area contributed by atoms with Crippen molar-refractivity contribution in [2.75, 3.05) is 0 Å². The number of carbonyl (C=O) groups excluding carboxylic acids is 2. The molecular formula is C20H23IN2O2. The van der Waals surface area contributed by atoms with Gasteiger partial charge in [-0.05, 0) is 86.5 Å². The third-order valence-corrected chi connectivity index (χ3v) is 4.98. The van der Waals surface area contributed by atoms with Gasteiger partial charge in [0.05, 0.1) is 11.1 Å². The molecule has 0 aliphatic carbocycles. The average Bonchev–Trinajstić information content (AvgIpc) is 2.53. The van der Waals surface area contributed by atoms with E-state index in [1.807, 2.05) is 65.0 Å². The molecule has 2 aromatic rings. The van der Waals surface area contributed by atoms with Gasteiger partial charge in [-0.25, -0.2) is 5.01 Å². The highest BCUT2D eigenvalue weighted by Crippen LogP contribution is 2.20. The number of hydrogen-bond acceptors (Lipinski definition) is 2. The molecule has 2 rings (SSSR count). The van der Waals surface area contributed by atoms with Crippen LogP contribution in [0.15, 0.2) is 42.5 Å². The SMILES string of the molecule is Cc1cccc(C(=O)NN(C(=O)c2ccccc2I)C(C)(C)C)c1C. The van der Waals surface area contributed by atoms with Crippen molar-refractivity contribution >= 4 is 34.4 Å². The second-order valence-corrected chi connectivity index (χ2v) is 8.14. The van der Waals surface area contributed by atoms with Crippen LogP contribution < -0.4 is 5.43 Å². The normalized spacial score (nSPS) is 11.1. The van der Waals surface area contributed by atoms with Crippen LogP contribution >= 0.6 is 22.6 Å². The number of benzene rings is 2. The number of halogens is 1. The monoisotopic (exact) mass is 450 g/mol. The highest BCUT2D eigenvalue weighted by Gasteiger charge is 2.30. The fourth-order valence-corrected chi connectivity index (χ4v) is 3.06. The minimum Gasteiger partial charge on any atom is -0.267 e. The number of hydrazine groups is 1. The highest BCUT2D eigenvalue weighted by atomic mass is 127. The number of nitrogens with zero attached hydrogens (tertiary/aromatic N) is 1. The van der Waals surface area contributed by atoms with Crippen molar-refractivity contribution < 1.29 is 9.59 Å². The summed E-state index contributed by atoms with van der Waals surface area (Å²) in [6.07, 6.45) is 0. The van der Waals surface area contributed by atoms with E-state index in [-0.39, 0.29) is 11.8 Å². The van der Waals surface area contributed by atoms with Gasteiger partial charge in [0.25, 0.3) is 11.8 Å². The molecule has 0 aliphatic heterocycles. The summed E-state index contributed by atoms with van der Waals surface area (Å²) in [4.78, 5) is 25.8. The summed E-state index contributed by atoms with van der Waals surface area (Å²) in [7, 11) is 0. The summed E-state index contributed by atoms with van der Waals surface area (Å²) in [5.74, 6) is -0.508. The summed E-state index contributed by atoms with van der Waals surface area (Å²) < 4.78 is 0.848. The van der Waals surface area contributed by atoms with Gasteiger partial charge in [0.2, 0.25) is 0 Å². The molecule has 0 fully saturated rings. The molecule has 1 N–H and O–H groups in total. The Morgan fingerprint density at radius 1 is 0.960 bits per heavy atom. The lowest BCUT2D eigenvalue weighted by Crippen LogP contribution is -2.56. The molecule has 0 atom stereocenters. The fourth-order valence-electron chi connectivity index (χ4n) is 2.44. The van der Waals surface area contributed by atoms with Gasteiger partial charge >= 0.3 is 0 Å². The topological polar surface area (TPSA) is 49.4 Å². The molecule has 0 aromatic heterocycles. The van der Waals surface area contributed by atoms with Crippen LogP contribution in [0.25, 0.3) is 0 Å². The van der Waals surface area contributed by atoms with Crippen LogP contribution in [0.1, 0.15) is 52.6 Å². The Hall–Kier alpha value is -1.89. The highest BCUT2D eigenvalue weighted by molar-refractivity contribution is 14.1. The quantitative estimate of drug-likeness (QED) is 0.542. The zero-order chi connectivity index (χ0) is 18.8. The molecule has 2 amide bonds. The van der Waals surface area contributed by atoms with E-state index in [0.717, 1.165) is 14.7 Å². The van der Waals surface area contributed by atoms with Gasteiger partial charge in [0.15, 0.2) is 0 Å². The Labute approximate surface area is 162 Å². The van der Waals surface area contributed by atoms with Gasteiger partial charge in [-0.1, -0.05) is 24.3 Å². The second kappa shape index (κ2) is 7.56. The van der Waals surface area contributed by atoms with Crippen molar-refractivity contribution in [1.82, 2.24) is 10.4 Å². The van der Waals surface area contributed by atoms with Gasteiger partial charge < -0.3 is 0 Å². The number of aryl methyl sites for hydroxylation is 1. The number of rotatable bonds is 2. The van der Waals surface area contributed by atoms with Crippen molar-refractivity contribution in [3.63, 3.8) is 0 Å². The van der Waals surface area contributed by atoms with Gasteiger partial charge in [-0.2, -0.15) is 0 Å². The first kappa shape index (κ1) is 19.4. The van der Waals surface area contributed by atoms with E-state index in [2.05, 4.69) is 28.0 Å². The van der Waals surface area contributed by atoms with Crippen LogP contribution in [-0.2, 0) is 0 Å². The summed E-state index contributed by atoms with van der Waals surface area (Å²) in [6, 6.07) is 12.9. The van der Waals surface area contributed by atoms with Gasteiger partial charge in [-0.3, -0.25) is 15.0 Å². The molecule has 0 spiro atoms. The van der Waals surface area contributed by atoms with Gasteiger partial charge in [0.1, 0.15) is 0 Å².